The van der Waals surface area contributed by atoms with Gasteiger partial charge in [-0.1, -0.05) is 6.92 Å². The monoisotopic (exact) mass is 208 g/mol. The average Bonchev–Trinajstić information content (AvgIpc) is 2.73. The van der Waals surface area contributed by atoms with Gasteiger partial charge in [-0.15, -0.1) is 0 Å². The minimum Gasteiger partial charge on any atom is -0.387 e. The van der Waals surface area contributed by atoms with Crippen LogP contribution in [0.25, 0.3) is 0 Å². The molecule has 1 saturated carbocycles. The largest absolute Gasteiger partial charge is 0.387 e. The van der Waals surface area contributed by atoms with Crippen molar-refractivity contribution in [3.8, 4) is 6.07 Å². The van der Waals surface area contributed by atoms with Crippen molar-refractivity contribution in [2.75, 3.05) is 20.1 Å². The molecule has 0 spiro atoms. The van der Waals surface area contributed by atoms with Gasteiger partial charge >= 0.3 is 0 Å². The van der Waals surface area contributed by atoms with Crippen LogP contribution in [-0.2, 0) is 0 Å². The number of nitrogens with zero attached hydrogens (tertiary/aromatic N) is 2. The maximum atomic E-state index is 10.7. The third-order valence-corrected chi connectivity index (χ3v) is 4.30. The first-order chi connectivity index (χ1) is 7.01. The van der Waals surface area contributed by atoms with Crippen LogP contribution in [0.3, 0.4) is 0 Å². The van der Waals surface area contributed by atoms with E-state index in [0.717, 1.165) is 32.2 Å². The van der Waals surface area contributed by atoms with Gasteiger partial charge < -0.3 is 10.0 Å². The first-order valence-corrected chi connectivity index (χ1v) is 5.83. The smallest absolute Gasteiger partial charge is 0.0971 e. The van der Waals surface area contributed by atoms with Crippen LogP contribution >= 0.6 is 0 Å². The van der Waals surface area contributed by atoms with Gasteiger partial charge in [-0.25, -0.2) is 0 Å². The number of likely N-dealkylation sites (tertiary alicyclic amines) is 1. The van der Waals surface area contributed by atoms with Gasteiger partial charge in [0.25, 0.3) is 0 Å². The highest BCUT2D eigenvalue weighted by Gasteiger charge is 2.56. The fourth-order valence-electron chi connectivity index (χ4n) is 3.29. The van der Waals surface area contributed by atoms with Crippen molar-refractivity contribution in [1.82, 2.24) is 4.90 Å². The highest BCUT2D eigenvalue weighted by atomic mass is 16.3. The molecule has 0 aromatic rings. The number of hydrogen-bond acceptors (Lipinski definition) is 3. The number of likely N-dealkylation sites (N-methyl/N-ethyl adjacent to an activating group) is 1. The van der Waals surface area contributed by atoms with Gasteiger partial charge in [0.15, 0.2) is 0 Å². The summed E-state index contributed by atoms with van der Waals surface area (Å²) in [4.78, 5) is 2.13. The van der Waals surface area contributed by atoms with Gasteiger partial charge in [-0.3, -0.25) is 0 Å². The van der Waals surface area contributed by atoms with E-state index >= 15 is 0 Å². The van der Waals surface area contributed by atoms with Crippen molar-refractivity contribution in [3.05, 3.63) is 0 Å². The molecule has 1 heterocycles. The molecule has 2 rings (SSSR count). The maximum Gasteiger partial charge on any atom is 0.0971 e. The normalized spacial score (nSPS) is 46.9. The lowest BCUT2D eigenvalue weighted by molar-refractivity contribution is -0.0431. The molecular formula is C12H20N2O. The Morgan fingerprint density at radius 1 is 1.47 bits per heavy atom. The van der Waals surface area contributed by atoms with Gasteiger partial charge in [0.2, 0.25) is 0 Å². The molecule has 1 saturated heterocycles. The summed E-state index contributed by atoms with van der Waals surface area (Å²) in [5.41, 5.74) is -1.24. The minimum absolute atomic E-state index is 0.475. The number of rotatable bonds is 1. The number of hydrogen-bond donors (Lipinski definition) is 1. The summed E-state index contributed by atoms with van der Waals surface area (Å²) in [7, 11) is 2.02. The zero-order chi connectivity index (χ0) is 11.1. The minimum atomic E-state index is -0.763. The Hall–Kier alpha value is -0.590. The van der Waals surface area contributed by atoms with Crippen LogP contribution in [-0.4, -0.2) is 35.7 Å². The summed E-state index contributed by atoms with van der Waals surface area (Å²) in [5.74, 6) is 0.583. The molecule has 84 valence electrons. The van der Waals surface area contributed by atoms with E-state index in [1.165, 1.54) is 0 Å². The molecule has 15 heavy (non-hydrogen) atoms. The van der Waals surface area contributed by atoms with Crippen LogP contribution < -0.4 is 0 Å². The number of β-amino-alcohol motifs (C(OH)–C–C–N with tert-alkyl or cyclic N) is 1. The lowest BCUT2D eigenvalue weighted by Crippen LogP contribution is -2.48. The number of aliphatic hydroxyl groups is 1. The molecule has 3 atom stereocenters. The molecule has 0 bridgehead atoms. The van der Waals surface area contributed by atoms with Crippen LogP contribution in [0.4, 0.5) is 0 Å². The molecule has 0 aromatic heterocycles. The van der Waals surface area contributed by atoms with Crippen molar-refractivity contribution in [1.29, 1.82) is 5.26 Å². The molecule has 1 N–H and O–H groups in total. The first kappa shape index (κ1) is 10.9. The molecule has 0 radical (unpaired) electrons. The van der Waals surface area contributed by atoms with E-state index in [1.54, 1.807) is 0 Å². The Kier molecular flexibility index (Phi) is 2.52. The SMILES string of the molecule is CC1CCC(C#N)(C2(O)CCN(C)C2)C1. The Bertz CT molecular complexity index is 298. The molecule has 0 amide bonds. The van der Waals surface area contributed by atoms with Crippen LogP contribution in [0.15, 0.2) is 0 Å². The third kappa shape index (κ3) is 1.56. The van der Waals surface area contributed by atoms with Crippen molar-refractivity contribution >= 4 is 0 Å². The van der Waals surface area contributed by atoms with E-state index in [0.29, 0.717) is 12.5 Å². The second-order valence-corrected chi connectivity index (χ2v) is 5.56. The predicted octanol–water partition coefficient (Wildman–Crippen LogP) is 1.38. The Balaban J connectivity index is 2.24. The summed E-state index contributed by atoms with van der Waals surface area (Å²) in [6.45, 7) is 3.75. The Labute approximate surface area is 91.7 Å². The van der Waals surface area contributed by atoms with Crippen molar-refractivity contribution in [3.63, 3.8) is 0 Å². The lowest BCUT2D eigenvalue weighted by Gasteiger charge is -2.37. The molecule has 1 aliphatic heterocycles. The van der Waals surface area contributed by atoms with Crippen molar-refractivity contribution in [2.24, 2.45) is 11.3 Å². The Morgan fingerprint density at radius 2 is 2.20 bits per heavy atom. The molecule has 2 fully saturated rings. The summed E-state index contributed by atoms with van der Waals surface area (Å²) in [5, 5.41) is 20.1. The van der Waals surface area contributed by atoms with E-state index in [2.05, 4.69) is 17.9 Å². The zero-order valence-corrected chi connectivity index (χ0v) is 9.66. The zero-order valence-electron chi connectivity index (χ0n) is 9.66. The quantitative estimate of drug-likeness (QED) is 0.708. The Morgan fingerprint density at radius 3 is 2.60 bits per heavy atom. The highest BCUT2D eigenvalue weighted by molar-refractivity contribution is 5.17. The summed E-state index contributed by atoms with van der Waals surface area (Å²) < 4.78 is 0. The summed E-state index contributed by atoms with van der Waals surface area (Å²) in [6, 6.07) is 2.43. The van der Waals surface area contributed by atoms with Crippen LogP contribution in [0.5, 0.6) is 0 Å². The molecular weight excluding hydrogens is 188 g/mol. The fourth-order valence-corrected chi connectivity index (χ4v) is 3.29. The van der Waals surface area contributed by atoms with Gasteiger partial charge in [0, 0.05) is 13.1 Å². The summed E-state index contributed by atoms with van der Waals surface area (Å²) >= 11 is 0. The second kappa shape index (κ2) is 3.47. The molecule has 3 nitrogen and oxygen atoms in total. The van der Waals surface area contributed by atoms with Gasteiger partial charge in [-0.2, -0.15) is 5.26 Å². The lowest BCUT2D eigenvalue weighted by atomic mass is 9.70. The number of nitriles is 1. The first-order valence-electron chi connectivity index (χ1n) is 5.83. The molecule has 1 aliphatic carbocycles. The average molecular weight is 208 g/mol. The molecule has 0 aromatic carbocycles. The topological polar surface area (TPSA) is 47.3 Å². The van der Waals surface area contributed by atoms with E-state index in [4.69, 9.17) is 0 Å². The van der Waals surface area contributed by atoms with E-state index < -0.39 is 11.0 Å². The van der Waals surface area contributed by atoms with E-state index in [1.807, 2.05) is 7.05 Å². The van der Waals surface area contributed by atoms with E-state index in [9.17, 15) is 10.4 Å². The van der Waals surface area contributed by atoms with Crippen LogP contribution in [0.2, 0.25) is 0 Å². The maximum absolute atomic E-state index is 10.7. The predicted molar refractivity (Wildman–Crippen MR) is 58.1 cm³/mol. The van der Waals surface area contributed by atoms with E-state index in [-0.39, 0.29) is 0 Å². The van der Waals surface area contributed by atoms with Gasteiger partial charge in [-0.05, 0) is 38.6 Å². The molecule has 3 unspecified atom stereocenters. The van der Waals surface area contributed by atoms with Crippen molar-refractivity contribution < 1.29 is 5.11 Å². The second-order valence-electron chi connectivity index (χ2n) is 5.56. The van der Waals surface area contributed by atoms with Gasteiger partial charge in [0.05, 0.1) is 17.1 Å². The van der Waals surface area contributed by atoms with Gasteiger partial charge in [0.1, 0.15) is 0 Å². The highest BCUT2D eigenvalue weighted by Crippen LogP contribution is 2.51. The van der Waals surface area contributed by atoms with Crippen molar-refractivity contribution in [2.45, 2.75) is 38.2 Å². The summed E-state index contributed by atoms with van der Waals surface area (Å²) in [6.07, 6.45) is 3.58. The standard InChI is InChI=1S/C12H20N2O/c1-10-3-4-11(7-10,8-13)12(15)5-6-14(2)9-12/h10,15H,3-7,9H2,1-2H3. The van der Waals surface area contributed by atoms with Crippen LogP contribution in [0.1, 0.15) is 32.6 Å². The molecule has 2 aliphatic rings. The fraction of sp³-hybridized carbons (Fsp3) is 0.917. The third-order valence-electron chi connectivity index (χ3n) is 4.30. The molecule has 3 heteroatoms. The van der Waals surface area contributed by atoms with Crippen LogP contribution in [0, 0.1) is 22.7 Å².